The fraction of sp³-hybridized carbons (Fsp3) is 0.533. The predicted octanol–water partition coefficient (Wildman–Crippen LogP) is 1.77. The minimum Gasteiger partial charge on any atom is -0.369 e. The molecule has 0 spiro atoms. The summed E-state index contributed by atoms with van der Waals surface area (Å²) < 4.78 is 0. The summed E-state index contributed by atoms with van der Waals surface area (Å²) in [6, 6.07) is 6.22. The van der Waals surface area contributed by atoms with Gasteiger partial charge < -0.3 is 15.5 Å². The Morgan fingerprint density at radius 2 is 2.16 bits per heavy atom. The van der Waals surface area contributed by atoms with Crippen molar-refractivity contribution in [1.82, 2.24) is 0 Å². The van der Waals surface area contributed by atoms with Gasteiger partial charge >= 0.3 is 0 Å². The van der Waals surface area contributed by atoms with E-state index in [0.29, 0.717) is 13.0 Å². The van der Waals surface area contributed by atoms with Crippen LogP contribution in [-0.4, -0.2) is 32.6 Å². The molecule has 19 heavy (non-hydrogen) atoms. The SMILES string of the molecule is CCc1cccc2c1N(CCCN)CCC(=O)N2C. The summed E-state index contributed by atoms with van der Waals surface area (Å²) in [4.78, 5) is 16.2. The summed E-state index contributed by atoms with van der Waals surface area (Å²) in [6.07, 6.45) is 2.50. The summed E-state index contributed by atoms with van der Waals surface area (Å²) in [5.41, 5.74) is 9.17. The van der Waals surface area contributed by atoms with Crippen molar-refractivity contribution >= 4 is 17.3 Å². The van der Waals surface area contributed by atoms with Crippen molar-refractivity contribution in [2.45, 2.75) is 26.2 Å². The highest BCUT2D eigenvalue weighted by Gasteiger charge is 2.24. The van der Waals surface area contributed by atoms with Crippen LogP contribution >= 0.6 is 0 Å². The van der Waals surface area contributed by atoms with Gasteiger partial charge in [0.2, 0.25) is 5.91 Å². The molecule has 0 aromatic heterocycles. The molecule has 104 valence electrons. The van der Waals surface area contributed by atoms with Gasteiger partial charge in [-0.3, -0.25) is 4.79 Å². The number of aryl methyl sites for hydroxylation is 1. The van der Waals surface area contributed by atoms with Gasteiger partial charge in [-0.1, -0.05) is 19.1 Å². The average Bonchev–Trinajstić information content (AvgIpc) is 2.56. The van der Waals surface area contributed by atoms with Gasteiger partial charge in [-0.05, 0) is 31.0 Å². The molecule has 2 N–H and O–H groups in total. The third-order valence-corrected chi connectivity index (χ3v) is 3.76. The van der Waals surface area contributed by atoms with Crippen molar-refractivity contribution in [1.29, 1.82) is 0 Å². The summed E-state index contributed by atoms with van der Waals surface area (Å²) in [6.45, 7) is 4.54. The second-order valence-electron chi connectivity index (χ2n) is 4.97. The highest BCUT2D eigenvalue weighted by molar-refractivity contribution is 5.98. The Balaban J connectivity index is 2.45. The highest BCUT2D eigenvalue weighted by atomic mass is 16.2. The van der Waals surface area contributed by atoms with Crippen molar-refractivity contribution in [3.63, 3.8) is 0 Å². The Kier molecular flexibility index (Phi) is 4.43. The molecule has 0 saturated heterocycles. The number of hydrogen-bond donors (Lipinski definition) is 1. The Labute approximate surface area is 115 Å². The zero-order valence-corrected chi connectivity index (χ0v) is 11.9. The molecule has 0 unspecified atom stereocenters. The first-order valence-electron chi connectivity index (χ1n) is 7.02. The maximum absolute atomic E-state index is 12.1. The summed E-state index contributed by atoms with van der Waals surface area (Å²) in [7, 11) is 1.87. The van der Waals surface area contributed by atoms with E-state index in [1.807, 2.05) is 19.2 Å². The first kappa shape index (κ1) is 13.9. The molecule has 1 aliphatic heterocycles. The zero-order valence-electron chi connectivity index (χ0n) is 11.9. The van der Waals surface area contributed by atoms with E-state index in [-0.39, 0.29) is 5.91 Å². The second-order valence-corrected chi connectivity index (χ2v) is 4.97. The fourth-order valence-electron chi connectivity index (χ4n) is 2.65. The molecule has 0 atom stereocenters. The molecule has 2 rings (SSSR count). The number of amides is 1. The number of para-hydroxylation sites is 1. The molecule has 1 heterocycles. The van der Waals surface area contributed by atoms with Crippen LogP contribution in [0, 0.1) is 0 Å². The van der Waals surface area contributed by atoms with Crippen LogP contribution in [-0.2, 0) is 11.2 Å². The average molecular weight is 261 g/mol. The van der Waals surface area contributed by atoms with Crippen LogP contribution in [0.2, 0.25) is 0 Å². The minimum absolute atomic E-state index is 0.185. The zero-order chi connectivity index (χ0) is 13.8. The van der Waals surface area contributed by atoms with Crippen molar-refractivity contribution < 1.29 is 4.79 Å². The maximum atomic E-state index is 12.1. The Bertz CT molecular complexity index is 459. The van der Waals surface area contributed by atoms with Gasteiger partial charge in [0.05, 0.1) is 11.4 Å². The maximum Gasteiger partial charge on any atom is 0.228 e. The van der Waals surface area contributed by atoms with E-state index in [0.717, 1.165) is 31.6 Å². The van der Waals surface area contributed by atoms with E-state index in [1.165, 1.54) is 11.3 Å². The van der Waals surface area contributed by atoms with E-state index in [4.69, 9.17) is 5.73 Å². The van der Waals surface area contributed by atoms with Crippen LogP contribution in [0.3, 0.4) is 0 Å². The van der Waals surface area contributed by atoms with E-state index in [1.54, 1.807) is 4.90 Å². The van der Waals surface area contributed by atoms with Gasteiger partial charge in [0.25, 0.3) is 0 Å². The number of nitrogens with two attached hydrogens (primary N) is 1. The second kappa shape index (κ2) is 6.06. The van der Waals surface area contributed by atoms with E-state index in [2.05, 4.69) is 17.9 Å². The molecule has 1 aromatic carbocycles. The van der Waals surface area contributed by atoms with E-state index >= 15 is 0 Å². The van der Waals surface area contributed by atoms with Gasteiger partial charge in [0.15, 0.2) is 0 Å². The summed E-state index contributed by atoms with van der Waals surface area (Å²) >= 11 is 0. The highest BCUT2D eigenvalue weighted by Crippen LogP contribution is 2.35. The fourth-order valence-corrected chi connectivity index (χ4v) is 2.65. The number of carbonyl (C=O) groups excluding carboxylic acids is 1. The normalized spacial score (nSPS) is 15.4. The molecule has 4 heteroatoms. The van der Waals surface area contributed by atoms with Crippen LogP contribution in [0.1, 0.15) is 25.3 Å². The van der Waals surface area contributed by atoms with Crippen molar-refractivity contribution in [2.24, 2.45) is 5.73 Å². The molecular weight excluding hydrogens is 238 g/mol. The smallest absolute Gasteiger partial charge is 0.228 e. The lowest BCUT2D eigenvalue weighted by atomic mass is 10.1. The number of hydrogen-bond acceptors (Lipinski definition) is 3. The third kappa shape index (κ3) is 2.73. The van der Waals surface area contributed by atoms with Crippen LogP contribution in [0.15, 0.2) is 18.2 Å². The van der Waals surface area contributed by atoms with Crippen molar-refractivity contribution in [2.75, 3.05) is 36.5 Å². The number of anilines is 2. The van der Waals surface area contributed by atoms with Crippen LogP contribution < -0.4 is 15.5 Å². The van der Waals surface area contributed by atoms with E-state index in [9.17, 15) is 4.79 Å². The predicted molar refractivity (Wildman–Crippen MR) is 79.7 cm³/mol. The summed E-state index contributed by atoms with van der Waals surface area (Å²) in [5, 5.41) is 0. The quantitative estimate of drug-likeness (QED) is 0.898. The van der Waals surface area contributed by atoms with Crippen molar-refractivity contribution in [3.8, 4) is 0 Å². The van der Waals surface area contributed by atoms with Crippen LogP contribution in [0.5, 0.6) is 0 Å². The van der Waals surface area contributed by atoms with Gasteiger partial charge in [0.1, 0.15) is 0 Å². The minimum atomic E-state index is 0.185. The molecule has 4 nitrogen and oxygen atoms in total. The Morgan fingerprint density at radius 1 is 1.37 bits per heavy atom. The summed E-state index contributed by atoms with van der Waals surface area (Å²) in [5.74, 6) is 0.185. The number of fused-ring (bicyclic) bond motifs is 1. The number of carbonyl (C=O) groups is 1. The lowest BCUT2D eigenvalue weighted by Crippen LogP contribution is -2.28. The van der Waals surface area contributed by atoms with Crippen LogP contribution in [0.4, 0.5) is 11.4 Å². The van der Waals surface area contributed by atoms with Crippen LogP contribution in [0.25, 0.3) is 0 Å². The number of rotatable bonds is 4. The first-order chi connectivity index (χ1) is 9.19. The molecule has 1 amide bonds. The molecule has 0 radical (unpaired) electrons. The Morgan fingerprint density at radius 3 is 2.84 bits per heavy atom. The lowest BCUT2D eigenvalue weighted by Gasteiger charge is -2.27. The Hall–Kier alpha value is -1.55. The largest absolute Gasteiger partial charge is 0.369 e. The molecule has 0 fully saturated rings. The third-order valence-electron chi connectivity index (χ3n) is 3.76. The molecular formula is C15H23N3O. The lowest BCUT2D eigenvalue weighted by molar-refractivity contribution is -0.118. The first-order valence-corrected chi connectivity index (χ1v) is 7.02. The topological polar surface area (TPSA) is 49.6 Å². The molecule has 1 aromatic rings. The molecule has 0 aliphatic carbocycles. The molecule has 1 aliphatic rings. The number of nitrogens with zero attached hydrogens (tertiary/aromatic N) is 2. The monoisotopic (exact) mass is 261 g/mol. The van der Waals surface area contributed by atoms with Gasteiger partial charge in [-0.2, -0.15) is 0 Å². The molecule has 0 bridgehead atoms. The number of benzene rings is 1. The van der Waals surface area contributed by atoms with E-state index < -0.39 is 0 Å². The molecule has 0 saturated carbocycles. The standard InChI is InChI=1S/C15H23N3O/c1-3-12-6-4-7-13-15(12)18(10-5-9-16)11-8-14(19)17(13)2/h4,6-7H,3,5,8-11,16H2,1-2H3. The van der Waals surface area contributed by atoms with Gasteiger partial charge in [0, 0.05) is 26.6 Å². The van der Waals surface area contributed by atoms with Crippen molar-refractivity contribution in [3.05, 3.63) is 23.8 Å². The van der Waals surface area contributed by atoms with Gasteiger partial charge in [-0.15, -0.1) is 0 Å². The van der Waals surface area contributed by atoms with Gasteiger partial charge in [-0.25, -0.2) is 0 Å².